The van der Waals surface area contributed by atoms with Gasteiger partial charge in [0, 0.05) is 0 Å². The lowest BCUT2D eigenvalue weighted by molar-refractivity contribution is -0.157. The fourth-order valence-electron chi connectivity index (χ4n) is 1.54. The van der Waals surface area contributed by atoms with Gasteiger partial charge in [0.05, 0.1) is 7.11 Å². The van der Waals surface area contributed by atoms with Gasteiger partial charge in [0.1, 0.15) is 5.75 Å². The van der Waals surface area contributed by atoms with E-state index < -0.39 is 11.6 Å². The second kappa shape index (κ2) is 5.68. The second-order valence-electron chi connectivity index (χ2n) is 4.28. The van der Waals surface area contributed by atoms with Crippen LogP contribution in [0, 0.1) is 0 Å². The molecule has 0 spiro atoms. The molecule has 0 aliphatic carbocycles. The Hall–Kier alpha value is -1.55. The van der Waals surface area contributed by atoms with Crippen molar-refractivity contribution in [3.05, 3.63) is 29.8 Å². The van der Waals surface area contributed by atoms with E-state index in [9.17, 15) is 9.90 Å². The molecule has 0 amide bonds. The fourth-order valence-corrected chi connectivity index (χ4v) is 1.54. The topological polar surface area (TPSA) is 66.8 Å². The van der Waals surface area contributed by atoms with Crippen molar-refractivity contribution >= 4 is 5.97 Å². The number of hydrogen-bond donors (Lipinski definition) is 2. The van der Waals surface area contributed by atoms with Crippen molar-refractivity contribution in [3.63, 3.8) is 0 Å². The van der Waals surface area contributed by atoms with E-state index in [1.165, 1.54) is 6.92 Å². The van der Waals surface area contributed by atoms with Crippen LogP contribution >= 0.6 is 0 Å². The van der Waals surface area contributed by atoms with Crippen LogP contribution < -0.4 is 4.74 Å². The molecule has 0 saturated carbocycles. The van der Waals surface area contributed by atoms with Gasteiger partial charge in [-0.3, -0.25) is 0 Å². The molecule has 0 fully saturated rings. The van der Waals surface area contributed by atoms with E-state index in [4.69, 9.17) is 9.84 Å². The highest BCUT2D eigenvalue weighted by Gasteiger charge is 2.28. The van der Waals surface area contributed by atoms with Gasteiger partial charge >= 0.3 is 5.97 Å². The Morgan fingerprint density at radius 1 is 1.35 bits per heavy atom. The molecule has 0 aromatic heterocycles. The normalized spacial score (nSPS) is 14.1. The van der Waals surface area contributed by atoms with Gasteiger partial charge in [-0.25, -0.2) is 4.79 Å². The zero-order valence-corrected chi connectivity index (χ0v) is 10.1. The molecule has 17 heavy (non-hydrogen) atoms. The highest BCUT2D eigenvalue weighted by atomic mass is 16.5. The van der Waals surface area contributed by atoms with Gasteiger partial charge in [-0.05, 0) is 43.9 Å². The minimum absolute atomic E-state index is 0.244. The summed E-state index contributed by atoms with van der Waals surface area (Å²) in [5.74, 6) is -0.376. The van der Waals surface area contributed by atoms with Crippen molar-refractivity contribution in [2.24, 2.45) is 0 Å². The number of ether oxygens (including phenoxy) is 1. The lowest BCUT2D eigenvalue weighted by atomic mass is 9.97. The number of aliphatic hydroxyl groups is 1. The zero-order valence-electron chi connectivity index (χ0n) is 10.1. The zero-order chi connectivity index (χ0) is 12.9. The maximum atomic E-state index is 10.7. The van der Waals surface area contributed by atoms with Crippen LogP contribution in [0.4, 0.5) is 0 Å². The summed E-state index contributed by atoms with van der Waals surface area (Å²) in [6, 6.07) is 7.61. The number of aryl methyl sites for hydroxylation is 1. The Morgan fingerprint density at radius 3 is 2.41 bits per heavy atom. The van der Waals surface area contributed by atoms with Crippen LogP contribution in [0.3, 0.4) is 0 Å². The summed E-state index contributed by atoms with van der Waals surface area (Å²) in [7, 11) is 1.61. The number of methoxy groups -OCH3 is 1. The molecule has 0 bridgehead atoms. The number of carboxylic acids is 1. The standard InChI is InChI=1S/C13H18O4/c1-13(16,12(14)15)9-3-4-10-5-7-11(17-2)8-6-10/h5-8,16H,3-4,9H2,1-2H3,(H,14,15)/t13-/m1/s1. The Labute approximate surface area is 101 Å². The first-order chi connectivity index (χ1) is 7.95. The maximum Gasteiger partial charge on any atom is 0.335 e. The van der Waals surface area contributed by atoms with Crippen molar-refractivity contribution in [1.82, 2.24) is 0 Å². The van der Waals surface area contributed by atoms with Crippen LogP contribution in [0.5, 0.6) is 5.75 Å². The molecule has 0 saturated heterocycles. The number of carbonyl (C=O) groups is 1. The second-order valence-corrected chi connectivity index (χ2v) is 4.28. The molecule has 94 valence electrons. The van der Waals surface area contributed by atoms with Crippen LogP contribution in [0.15, 0.2) is 24.3 Å². The van der Waals surface area contributed by atoms with Crippen LogP contribution in [-0.2, 0) is 11.2 Å². The van der Waals surface area contributed by atoms with Crippen LogP contribution in [0.1, 0.15) is 25.3 Å². The van der Waals surface area contributed by atoms with Gasteiger partial charge in [0.2, 0.25) is 0 Å². The SMILES string of the molecule is COc1ccc(CCC[C@@](C)(O)C(=O)O)cc1. The Kier molecular flexibility index (Phi) is 4.52. The first-order valence-corrected chi connectivity index (χ1v) is 5.54. The van der Waals surface area contributed by atoms with Crippen LogP contribution in [0.2, 0.25) is 0 Å². The first-order valence-electron chi connectivity index (χ1n) is 5.54. The summed E-state index contributed by atoms with van der Waals surface area (Å²) < 4.78 is 5.04. The third-order valence-corrected chi connectivity index (χ3v) is 2.75. The third-order valence-electron chi connectivity index (χ3n) is 2.75. The Bertz CT molecular complexity index is 368. The molecular formula is C13H18O4. The molecule has 0 unspecified atom stereocenters. The average Bonchev–Trinajstić information content (AvgIpc) is 2.29. The van der Waals surface area contributed by atoms with Crippen LogP contribution in [0.25, 0.3) is 0 Å². The Balaban J connectivity index is 2.43. The van der Waals surface area contributed by atoms with Crippen molar-refractivity contribution in [3.8, 4) is 5.75 Å². The number of aliphatic carboxylic acids is 1. The first kappa shape index (κ1) is 13.5. The van der Waals surface area contributed by atoms with Crippen LogP contribution in [-0.4, -0.2) is 28.9 Å². The summed E-state index contributed by atoms with van der Waals surface area (Å²) >= 11 is 0. The minimum Gasteiger partial charge on any atom is -0.497 e. The van der Waals surface area contributed by atoms with Gasteiger partial charge in [0.15, 0.2) is 5.60 Å². The van der Waals surface area contributed by atoms with Crippen molar-refractivity contribution in [2.75, 3.05) is 7.11 Å². The average molecular weight is 238 g/mol. The van der Waals surface area contributed by atoms with Crippen molar-refractivity contribution < 1.29 is 19.7 Å². The number of hydrogen-bond acceptors (Lipinski definition) is 3. The lowest BCUT2D eigenvalue weighted by Crippen LogP contribution is -2.34. The molecule has 4 nitrogen and oxygen atoms in total. The largest absolute Gasteiger partial charge is 0.497 e. The van der Waals surface area contributed by atoms with Gasteiger partial charge < -0.3 is 14.9 Å². The highest BCUT2D eigenvalue weighted by Crippen LogP contribution is 2.17. The lowest BCUT2D eigenvalue weighted by Gasteiger charge is -2.17. The van der Waals surface area contributed by atoms with E-state index in [0.717, 1.165) is 17.7 Å². The van der Waals surface area contributed by atoms with Gasteiger partial charge in [0.25, 0.3) is 0 Å². The molecular weight excluding hydrogens is 220 g/mol. The molecule has 0 heterocycles. The highest BCUT2D eigenvalue weighted by molar-refractivity contribution is 5.76. The van der Waals surface area contributed by atoms with E-state index in [1.807, 2.05) is 24.3 Å². The predicted octanol–water partition coefficient (Wildman–Crippen LogP) is 1.85. The van der Waals surface area contributed by atoms with Gasteiger partial charge in [-0.2, -0.15) is 0 Å². The monoisotopic (exact) mass is 238 g/mol. The molecule has 0 aliphatic heterocycles. The molecule has 0 aliphatic rings. The Morgan fingerprint density at radius 2 is 1.94 bits per heavy atom. The smallest absolute Gasteiger partial charge is 0.335 e. The molecule has 2 N–H and O–H groups in total. The van der Waals surface area contributed by atoms with Gasteiger partial charge in [-0.1, -0.05) is 12.1 Å². The molecule has 1 aromatic carbocycles. The summed E-state index contributed by atoms with van der Waals surface area (Å²) in [4.78, 5) is 10.7. The van der Waals surface area contributed by atoms with E-state index in [-0.39, 0.29) is 6.42 Å². The van der Waals surface area contributed by atoms with E-state index in [2.05, 4.69) is 0 Å². The molecule has 1 atom stereocenters. The number of carboxylic acid groups (broad SMARTS) is 1. The van der Waals surface area contributed by atoms with Crippen molar-refractivity contribution in [2.45, 2.75) is 31.8 Å². The van der Waals surface area contributed by atoms with E-state index >= 15 is 0 Å². The summed E-state index contributed by atoms with van der Waals surface area (Å²) in [6.07, 6.45) is 1.62. The fraction of sp³-hybridized carbons (Fsp3) is 0.462. The third kappa shape index (κ3) is 4.07. The summed E-state index contributed by atoms with van der Waals surface area (Å²) in [5, 5.41) is 18.3. The van der Waals surface area contributed by atoms with Gasteiger partial charge in [-0.15, -0.1) is 0 Å². The molecule has 0 radical (unpaired) electrons. The predicted molar refractivity (Wildman–Crippen MR) is 64.2 cm³/mol. The molecule has 1 rings (SSSR count). The molecule has 4 heteroatoms. The maximum absolute atomic E-state index is 10.7. The van der Waals surface area contributed by atoms with E-state index in [1.54, 1.807) is 7.11 Å². The number of benzene rings is 1. The summed E-state index contributed by atoms with van der Waals surface area (Å²) in [5.41, 5.74) is -0.529. The summed E-state index contributed by atoms with van der Waals surface area (Å²) in [6.45, 7) is 1.32. The van der Waals surface area contributed by atoms with E-state index in [0.29, 0.717) is 6.42 Å². The minimum atomic E-state index is -1.63. The molecule has 1 aromatic rings. The quantitative estimate of drug-likeness (QED) is 0.793. The van der Waals surface area contributed by atoms with Crippen molar-refractivity contribution in [1.29, 1.82) is 0 Å². The number of rotatable bonds is 6.